The normalized spacial score (nSPS) is 30.9. The smallest absolute Gasteiger partial charge is 0.790 e. The van der Waals surface area contributed by atoms with E-state index < -0.39 is 52.3 Å². The molecule has 1 aliphatic carbocycles. The molecule has 18 heteroatoms. The standard InChI is InChI=1S/C12H27NO12P2.3Na/c13-5-3-1-2-4-6-23-27(21,22)25-12-9(16)7(14)11(8(15)10(12)17)24-26(18,19)20;;;/h7-12,14-17H,1-6,13H2,(H,21,22)(H2,18,19,20);;;/q;3*+1/p-3/t7-,8+,9-,10-,11?,12?;;;/m1.../s1. The van der Waals surface area contributed by atoms with Crippen molar-refractivity contribution in [3.05, 3.63) is 0 Å². The quantitative estimate of drug-likeness (QED) is 0.0997. The van der Waals surface area contributed by atoms with Crippen LogP contribution in [0.25, 0.3) is 0 Å². The molecular formula is C12H24NNa3O12P2. The molecule has 30 heavy (non-hydrogen) atoms. The molecule has 0 aliphatic heterocycles. The van der Waals surface area contributed by atoms with Crippen LogP contribution in [0.3, 0.4) is 0 Å². The second kappa shape index (κ2) is 17.4. The number of aliphatic hydroxyl groups excluding tert-OH is 4. The largest absolute Gasteiger partial charge is 1.00 e. The second-order valence-electron chi connectivity index (χ2n) is 6.03. The van der Waals surface area contributed by atoms with Crippen LogP contribution in [0.15, 0.2) is 0 Å². The van der Waals surface area contributed by atoms with E-state index >= 15 is 0 Å². The Bertz CT molecular complexity index is 543. The van der Waals surface area contributed by atoms with Crippen molar-refractivity contribution in [2.45, 2.75) is 62.3 Å². The number of hydrogen-bond acceptors (Lipinski definition) is 13. The van der Waals surface area contributed by atoms with Gasteiger partial charge in [-0.05, 0) is 19.4 Å². The first kappa shape index (κ1) is 37.6. The van der Waals surface area contributed by atoms with Gasteiger partial charge in [0.1, 0.15) is 36.6 Å². The average molecular weight is 505 g/mol. The van der Waals surface area contributed by atoms with E-state index in [0.717, 1.165) is 12.8 Å². The molecule has 0 saturated heterocycles. The minimum atomic E-state index is -5.68. The molecule has 1 saturated carbocycles. The average Bonchev–Trinajstić information content (AvgIpc) is 2.56. The molecule has 0 aromatic carbocycles. The Morgan fingerprint density at radius 1 is 0.733 bits per heavy atom. The van der Waals surface area contributed by atoms with Crippen LogP contribution in [0.2, 0.25) is 0 Å². The fourth-order valence-corrected chi connectivity index (χ4v) is 4.04. The first-order valence-electron chi connectivity index (χ1n) is 8.16. The Labute approximate surface area is 240 Å². The van der Waals surface area contributed by atoms with Crippen LogP contribution in [0.4, 0.5) is 0 Å². The molecule has 1 rings (SSSR count). The molecule has 7 atom stereocenters. The molecule has 6 N–H and O–H groups in total. The molecule has 13 nitrogen and oxygen atoms in total. The summed E-state index contributed by atoms with van der Waals surface area (Å²) in [5.74, 6) is 0. The summed E-state index contributed by atoms with van der Waals surface area (Å²) < 4.78 is 35.4. The van der Waals surface area contributed by atoms with Crippen molar-refractivity contribution in [3.8, 4) is 0 Å². The summed E-state index contributed by atoms with van der Waals surface area (Å²) in [4.78, 5) is 33.1. The van der Waals surface area contributed by atoms with Gasteiger partial charge in [-0.25, -0.2) is 0 Å². The number of hydrogen-bond donors (Lipinski definition) is 5. The molecule has 0 radical (unpaired) electrons. The van der Waals surface area contributed by atoms with E-state index in [4.69, 9.17) is 5.73 Å². The predicted molar refractivity (Wildman–Crippen MR) is 82.5 cm³/mol. The molecule has 0 heterocycles. The van der Waals surface area contributed by atoms with E-state index in [-0.39, 0.29) is 95.3 Å². The van der Waals surface area contributed by atoms with Gasteiger partial charge < -0.3 is 59.0 Å². The van der Waals surface area contributed by atoms with Crippen LogP contribution in [-0.4, -0.2) is 70.2 Å². The summed E-state index contributed by atoms with van der Waals surface area (Å²) >= 11 is 0. The van der Waals surface area contributed by atoms with Gasteiger partial charge in [-0.1, -0.05) is 12.8 Å². The molecule has 1 aliphatic rings. The van der Waals surface area contributed by atoms with E-state index in [1.807, 2.05) is 0 Å². The van der Waals surface area contributed by atoms with Crippen molar-refractivity contribution in [2.24, 2.45) is 5.73 Å². The molecule has 0 bridgehead atoms. The zero-order valence-electron chi connectivity index (χ0n) is 17.2. The number of unbranched alkanes of at least 4 members (excludes halogenated alkanes) is 3. The van der Waals surface area contributed by atoms with Crippen molar-refractivity contribution in [1.29, 1.82) is 0 Å². The molecule has 0 aromatic heterocycles. The molecule has 162 valence electrons. The Hall–Kier alpha value is 3.02. The van der Waals surface area contributed by atoms with Crippen molar-refractivity contribution in [2.75, 3.05) is 13.2 Å². The van der Waals surface area contributed by atoms with E-state index in [1.54, 1.807) is 0 Å². The number of aliphatic hydroxyl groups is 4. The summed E-state index contributed by atoms with van der Waals surface area (Å²) in [5.41, 5.74) is 5.32. The maximum atomic E-state index is 11.8. The first-order valence-corrected chi connectivity index (χ1v) is 11.1. The van der Waals surface area contributed by atoms with Gasteiger partial charge >= 0.3 is 88.7 Å². The molecule has 0 aromatic rings. The van der Waals surface area contributed by atoms with E-state index in [2.05, 4.69) is 13.6 Å². The van der Waals surface area contributed by atoms with Gasteiger partial charge in [-0.2, -0.15) is 0 Å². The Morgan fingerprint density at radius 2 is 1.13 bits per heavy atom. The van der Waals surface area contributed by atoms with Gasteiger partial charge in [-0.3, -0.25) is 4.57 Å². The van der Waals surface area contributed by atoms with Gasteiger partial charge in [0.15, 0.2) is 0 Å². The molecule has 0 amide bonds. The van der Waals surface area contributed by atoms with Crippen LogP contribution in [0.5, 0.6) is 0 Å². The Kier molecular flexibility index (Phi) is 21.9. The molecule has 1 fully saturated rings. The third kappa shape index (κ3) is 13.2. The minimum absolute atomic E-state index is 0. The van der Waals surface area contributed by atoms with Crippen molar-refractivity contribution in [3.63, 3.8) is 0 Å². The minimum Gasteiger partial charge on any atom is -0.790 e. The fraction of sp³-hybridized carbons (Fsp3) is 1.00. The van der Waals surface area contributed by atoms with Gasteiger partial charge in [0.05, 0.1) is 14.4 Å². The first-order chi connectivity index (χ1) is 12.4. The zero-order valence-corrected chi connectivity index (χ0v) is 25.0. The van der Waals surface area contributed by atoms with E-state index in [9.17, 15) is 44.2 Å². The van der Waals surface area contributed by atoms with Crippen LogP contribution >= 0.6 is 15.6 Å². The number of rotatable bonds is 11. The molecular weight excluding hydrogens is 481 g/mol. The third-order valence-corrected chi connectivity index (χ3v) is 5.40. The van der Waals surface area contributed by atoms with Crippen LogP contribution in [-0.2, 0) is 22.7 Å². The zero-order chi connectivity index (χ0) is 20.8. The van der Waals surface area contributed by atoms with Crippen LogP contribution in [0, 0.1) is 0 Å². The summed E-state index contributed by atoms with van der Waals surface area (Å²) in [5, 5.41) is 39.3. The van der Waals surface area contributed by atoms with E-state index in [1.165, 1.54) is 0 Å². The second-order valence-corrected chi connectivity index (χ2v) is 8.50. The number of phosphoric ester groups is 2. The summed E-state index contributed by atoms with van der Waals surface area (Å²) in [7, 11) is -10.7. The van der Waals surface area contributed by atoms with Crippen molar-refractivity contribution in [1.82, 2.24) is 0 Å². The molecule has 3 unspecified atom stereocenters. The number of phosphoric acid groups is 2. The maximum absolute atomic E-state index is 11.8. The van der Waals surface area contributed by atoms with Crippen molar-refractivity contribution >= 4 is 15.6 Å². The topological polar surface area (TPSA) is 238 Å². The van der Waals surface area contributed by atoms with Gasteiger partial charge in [0.2, 0.25) is 0 Å². The van der Waals surface area contributed by atoms with Crippen LogP contribution < -0.4 is 109 Å². The monoisotopic (exact) mass is 505 g/mol. The van der Waals surface area contributed by atoms with Crippen molar-refractivity contribution < 1.29 is 146 Å². The number of nitrogens with two attached hydrogens (primary N) is 1. The summed E-state index contributed by atoms with van der Waals surface area (Å²) in [6.07, 6.45) is -10.6. The van der Waals surface area contributed by atoms with Gasteiger partial charge in [0, 0.05) is 0 Å². The summed E-state index contributed by atoms with van der Waals surface area (Å²) in [6.45, 7) is 0.266. The van der Waals surface area contributed by atoms with E-state index in [0.29, 0.717) is 19.4 Å². The molecule has 0 spiro atoms. The third-order valence-electron chi connectivity index (χ3n) is 3.90. The van der Waals surface area contributed by atoms with Crippen LogP contribution in [0.1, 0.15) is 25.7 Å². The SMILES string of the molecule is NCCCCCCOP(=O)([O-])OC1[C@H](O)[C@H](O)C(OP(=O)([O-])[O-])[C@H](O)[C@H]1O.[Na+].[Na+].[Na+]. The van der Waals surface area contributed by atoms with Gasteiger partial charge in [-0.15, -0.1) is 0 Å². The fourth-order valence-electron chi connectivity index (χ4n) is 2.54. The summed E-state index contributed by atoms with van der Waals surface area (Å²) in [6, 6.07) is 0. The Morgan fingerprint density at radius 3 is 1.53 bits per heavy atom. The maximum Gasteiger partial charge on any atom is 1.00 e. The predicted octanol–water partition coefficient (Wildman–Crippen LogP) is -12.9. The Balaban J connectivity index is -0.00000243. The van der Waals surface area contributed by atoms with Gasteiger partial charge in [0.25, 0.3) is 7.82 Å².